The summed E-state index contributed by atoms with van der Waals surface area (Å²) < 4.78 is 15.5. The number of nitrogens with zero attached hydrogens (tertiary/aromatic N) is 5. The van der Waals surface area contributed by atoms with E-state index in [2.05, 4.69) is 10.3 Å². The molecule has 0 saturated heterocycles. The molecule has 0 bridgehead atoms. The number of nitrogens with one attached hydrogen (secondary N) is 1. The molecule has 5 aromatic rings. The van der Waals surface area contributed by atoms with Crippen molar-refractivity contribution in [3.8, 4) is 29.1 Å². The fourth-order valence-electron chi connectivity index (χ4n) is 4.43. The number of pyridine rings is 1. The summed E-state index contributed by atoms with van der Waals surface area (Å²) in [7, 11) is 3.22. The van der Waals surface area contributed by atoms with Crippen LogP contribution in [0, 0.1) is 25.2 Å². The molecule has 5 rings (SSSR count). The third-order valence-electron chi connectivity index (χ3n) is 6.77. The summed E-state index contributed by atoms with van der Waals surface area (Å²) in [6.45, 7) is 3.47. The highest BCUT2D eigenvalue weighted by molar-refractivity contribution is 6.10. The van der Waals surface area contributed by atoms with Crippen LogP contribution in [0.25, 0.3) is 17.4 Å². The highest BCUT2D eigenvalue weighted by Gasteiger charge is 2.22. The number of aromatic nitrogens is 4. The zero-order chi connectivity index (χ0) is 30.0. The van der Waals surface area contributed by atoms with Gasteiger partial charge >= 0.3 is 0 Å². The van der Waals surface area contributed by atoms with Crippen molar-refractivity contribution in [2.45, 2.75) is 13.8 Å². The van der Waals surface area contributed by atoms with Crippen LogP contribution in [0.2, 0.25) is 0 Å². The minimum atomic E-state index is -0.868. The maximum Gasteiger partial charge on any atom is 0.295 e. The Kier molecular flexibility index (Phi) is 7.45. The number of aryl methyl sites for hydroxylation is 1. The van der Waals surface area contributed by atoms with Gasteiger partial charge < -0.3 is 14.8 Å². The highest BCUT2D eigenvalue weighted by atomic mass is 16.5. The molecule has 2 aromatic carbocycles. The second-order valence-electron chi connectivity index (χ2n) is 9.36. The van der Waals surface area contributed by atoms with Crippen molar-refractivity contribution < 1.29 is 14.3 Å². The molecule has 0 radical (unpaired) electrons. The van der Waals surface area contributed by atoms with Crippen LogP contribution in [0.15, 0.2) is 88.1 Å². The molecule has 0 saturated carbocycles. The lowest BCUT2D eigenvalue weighted by Gasteiger charge is -2.12. The van der Waals surface area contributed by atoms with Crippen molar-refractivity contribution in [3.05, 3.63) is 116 Å². The molecule has 11 heteroatoms. The Bertz CT molecular complexity index is 2010. The number of hydrogen-bond donors (Lipinski definition) is 1. The third kappa shape index (κ3) is 5.04. The quantitative estimate of drug-likeness (QED) is 0.233. The fraction of sp³-hybridized carbons (Fsp3) is 0.129. The molecule has 0 aliphatic carbocycles. The van der Waals surface area contributed by atoms with Gasteiger partial charge in [-0.2, -0.15) is 10.2 Å². The third-order valence-corrected chi connectivity index (χ3v) is 6.77. The molecule has 0 aliphatic heterocycles. The number of hydrogen-bond acceptors (Lipinski definition) is 7. The van der Waals surface area contributed by atoms with Crippen LogP contribution >= 0.6 is 0 Å². The largest absolute Gasteiger partial charge is 0.497 e. The van der Waals surface area contributed by atoms with E-state index in [1.165, 1.54) is 22.4 Å². The van der Waals surface area contributed by atoms with Crippen LogP contribution < -0.4 is 25.9 Å². The van der Waals surface area contributed by atoms with Gasteiger partial charge in [-0.1, -0.05) is 24.3 Å². The number of fused-ring (bicyclic) bond motifs is 1. The summed E-state index contributed by atoms with van der Waals surface area (Å²) in [6, 6.07) is 20.9. The summed E-state index contributed by atoms with van der Waals surface area (Å²) in [5.74, 6) is 0.00503. The van der Waals surface area contributed by atoms with Crippen LogP contribution in [0.4, 0.5) is 5.69 Å². The van der Waals surface area contributed by atoms with Gasteiger partial charge in [0.25, 0.3) is 17.0 Å². The van der Waals surface area contributed by atoms with E-state index in [9.17, 15) is 19.6 Å². The molecule has 0 spiro atoms. The zero-order valence-electron chi connectivity index (χ0n) is 23.3. The van der Waals surface area contributed by atoms with Crippen molar-refractivity contribution in [3.63, 3.8) is 0 Å². The van der Waals surface area contributed by atoms with Crippen molar-refractivity contribution >= 4 is 23.3 Å². The molecule has 3 heterocycles. The summed E-state index contributed by atoms with van der Waals surface area (Å²) >= 11 is 0. The number of ether oxygens (including phenoxy) is 2. The first-order valence-electron chi connectivity index (χ1n) is 12.8. The molecule has 0 unspecified atom stereocenters. The normalized spacial score (nSPS) is 11.3. The first-order valence-corrected chi connectivity index (χ1v) is 12.8. The highest BCUT2D eigenvalue weighted by Crippen LogP contribution is 2.26. The topological polar surface area (TPSA) is 133 Å². The smallest absolute Gasteiger partial charge is 0.295 e. The van der Waals surface area contributed by atoms with Crippen LogP contribution in [0.3, 0.4) is 0 Å². The van der Waals surface area contributed by atoms with Gasteiger partial charge in [-0.3, -0.25) is 23.5 Å². The molecular weight excluding hydrogens is 536 g/mol. The van der Waals surface area contributed by atoms with Crippen molar-refractivity contribution in [1.29, 1.82) is 5.26 Å². The number of anilines is 1. The average Bonchev–Trinajstić information content (AvgIpc) is 3.21. The fourth-order valence-corrected chi connectivity index (χ4v) is 4.43. The molecular formula is C31H26N6O5. The van der Waals surface area contributed by atoms with Crippen LogP contribution in [0.5, 0.6) is 17.4 Å². The summed E-state index contributed by atoms with van der Waals surface area (Å²) in [4.78, 5) is 44.8. The Balaban J connectivity index is 1.58. The number of methoxy groups -OCH3 is 1. The Morgan fingerprint density at radius 3 is 2.33 bits per heavy atom. The average molecular weight is 563 g/mol. The Morgan fingerprint density at radius 2 is 1.67 bits per heavy atom. The minimum Gasteiger partial charge on any atom is -0.497 e. The molecule has 11 nitrogen and oxygen atoms in total. The monoisotopic (exact) mass is 562 g/mol. The SMILES string of the molecule is COc1ccc(Oc2nc3c(C)cccn3c(=O)c2C=C(C#N)C(=O)Nc2c(C)n(C)n(-c3ccccc3)c2=O)cc1. The maximum absolute atomic E-state index is 13.6. The second-order valence-corrected chi connectivity index (χ2v) is 9.36. The Morgan fingerprint density at radius 1 is 0.976 bits per heavy atom. The van der Waals surface area contributed by atoms with Gasteiger partial charge in [0.1, 0.15) is 40.0 Å². The van der Waals surface area contributed by atoms with Crippen LogP contribution in [0.1, 0.15) is 16.8 Å². The number of benzene rings is 2. The van der Waals surface area contributed by atoms with E-state index in [1.807, 2.05) is 12.1 Å². The van der Waals surface area contributed by atoms with E-state index in [1.54, 1.807) is 86.2 Å². The lowest BCUT2D eigenvalue weighted by atomic mass is 10.1. The first kappa shape index (κ1) is 27.7. The lowest BCUT2D eigenvalue weighted by molar-refractivity contribution is -0.112. The van der Waals surface area contributed by atoms with Gasteiger partial charge in [-0.15, -0.1) is 0 Å². The molecule has 210 valence electrons. The van der Waals surface area contributed by atoms with E-state index in [0.29, 0.717) is 28.5 Å². The van der Waals surface area contributed by atoms with Gasteiger partial charge in [0.05, 0.1) is 18.5 Å². The van der Waals surface area contributed by atoms with E-state index in [0.717, 1.165) is 11.6 Å². The lowest BCUT2D eigenvalue weighted by Crippen LogP contribution is -2.24. The first-order chi connectivity index (χ1) is 20.2. The van der Waals surface area contributed by atoms with E-state index in [4.69, 9.17) is 9.47 Å². The van der Waals surface area contributed by atoms with Crippen molar-refractivity contribution in [1.82, 2.24) is 18.7 Å². The Hall–Kier alpha value is -5.89. The number of nitriles is 1. The van der Waals surface area contributed by atoms with Gasteiger partial charge in [0, 0.05) is 13.2 Å². The maximum atomic E-state index is 13.6. The van der Waals surface area contributed by atoms with Gasteiger partial charge in [0.15, 0.2) is 0 Å². The van der Waals surface area contributed by atoms with Gasteiger partial charge in [-0.25, -0.2) is 4.68 Å². The molecule has 1 N–H and O–H groups in total. The van der Waals surface area contributed by atoms with Gasteiger partial charge in [0.2, 0.25) is 5.88 Å². The van der Waals surface area contributed by atoms with Crippen LogP contribution in [-0.4, -0.2) is 31.8 Å². The van der Waals surface area contributed by atoms with Crippen LogP contribution in [-0.2, 0) is 11.8 Å². The standard InChI is InChI=1S/C31H26N6O5/c1-19-9-8-16-36-27(19)34-29(42-24-14-12-23(41-4)13-15-24)25(30(36)39)17-21(18-32)28(38)33-26-20(2)35(3)37(31(26)40)22-10-6-5-7-11-22/h5-17H,1-4H3,(H,33,38). The number of para-hydroxylation sites is 1. The molecule has 42 heavy (non-hydrogen) atoms. The van der Waals surface area contributed by atoms with E-state index < -0.39 is 22.6 Å². The summed E-state index contributed by atoms with van der Waals surface area (Å²) in [5, 5.41) is 12.5. The summed E-state index contributed by atoms with van der Waals surface area (Å²) in [5.41, 5.74) is 0.600. The summed E-state index contributed by atoms with van der Waals surface area (Å²) in [6.07, 6.45) is 2.66. The predicted octanol–water partition coefficient (Wildman–Crippen LogP) is 4.15. The molecule has 0 fully saturated rings. The zero-order valence-corrected chi connectivity index (χ0v) is 23.3. The van der Waals surface area contributed by atoms with Gasteiger partial charge in [-0.05, 0) is 68.0 Å². The molecule has 1 amide bonds. The van der Waals surface area contributed by atoms with E-state index >= 15 is 0 Å². The predicted molar refractivity (Wildman–Crippen MR) is 157 cm³/mol. The second kappa shape index (κ2) is 11.3. The van der Waals surface area contributed by atoms with Crippen molar-refractivity contribution in [2.75, 3.05) is 12.4 Å². The Labute approximate surface area is 240 Å². The molecule has 0 atom stereocenters. The number of carbonyl (C=O) groups is 1. The number of carbonyl (C=O) groups excluding carboxylic acids is 1. The van der Waals surface area contributed by atoms with E-state index in [-0.39, 0.29) is 17.1 Å². The molecule has 0 aliphatic rings. The number of rotatable bonds is 7. The minimum absolute atomic E-state index is 0.00573. The molecule has 3 aromatic heterocycles. The van der Waals surface area contributed by atoms with Crippen molar-refractivity contribution in [2.24, 2.45) is 7.05 Å². The number of amides is 1.